The number of hydrogen-bond acceptors (Lipinski definition) is 3. The molecule has 0 aromatic heterocycles. The summed E-state index contributed by atoms with van der Waals surface area (Å²) in [6.45, 7) is 6.42. The van der Waals surface area contributed by atoms with Gasteiger partial charge in [-0.15, -0.1) is 0 Å². The summed E-state index contributed by atoms with van der Waals surface area (Å²) in [5, 5.41) is 0. The van der Waals surface area contributed by atoms with Gasteiger partial charge in [-0.25, -0.2) is 0 Å². The Labute approximate surface area is 145 Å². The van der Waals surface area contributed by atoms with E-state index in [0.29, 0.717) is 23.0 Å². The van der Waals surface area contributed by atoms with E-state index in [1.807, 2.05) is 0 Å². The van der Waals surface area contributed by atoms with Gasteiger partial charge in [0, 0.05) is 25.2 Å². The van der Waals surface area contributed by atoms with Crippen LogP contribution in [0.5, 0.6) is 0 Å². The molecule has 4 saturated carbocycles. The lowest BCUT2D eigenvalue weighted by Gasteiger charge is -2.60. The molecule has 7 atom stereocenters. The van der Waals surface area contributed by atoms with Crippen LogP contribution in [0.4, 0.5) is 0 Å². The standard InChI is InChI=1S/C21H32O3/c1-13(22)24-19-7-6-17-16-5-4-14-12-15(23)8-10-20(14,2)18(16)9-11-21(17,19)3/h14,16-19H,4-12H2,1-3H3/t14-,16-,17-,18-,19?,20-,21-/m0/s1. The van der Waals surface area contributed by atoms with Crippen LogP contribution in [0.15, 0.2) is 0 Å². The highest BCUT2D eigenvalue weighted by Crippen LogP contribution is 2.66. The second kappa shape index (κ2) is 5.57. The molecule has 134 valence electrons. The molecule has 3 heteroatoms. The highest BCUT2D eigenvalue weighted by molar-refractivity contribution is 5.79. The Kier molecular flexibility index (Phi) is 3.85. The zero-order valence-electron chi connectivity index (χ0n) is 15.5. The van der Waals surface area contributed by atoms with Gasteiger partial charge in [0.1, 0.15) is 11.9 Å². The molecule has 0 bridgehead atoms. The molecule has 24 heavy (non-hydrogen) atoms. The fraction of sp³-hybridized carbons (Fsp3) is 0.905. The first kappa shape index (κ1) is 16.6. The van der Waals surface area contributed by atoms with E-state index >= 15 is 0 Å². The molecule has 4 aliphatic rings. The van der Waals surface area contributed by atoms with Crippen molar-refractivity contribution in [2.24, 2.45) is 34.5 Å². The average molecular weight is 332 g/mol. The fourth-order valence-electron chi connectivity index (χ4n) is 7.39. The van der Waals surface area contributed by atoms with Crippen LogP contribution in [-0.2, 0) is 14.3 Å². The quantitative estimate of drug-likeness (QED) is 0.663. The van der Waals surface area contributed by atoms with Crippen LogP contribution in [-0.4, -0.2) is 17.9 Å². The van der Waals surface area contributed by atoms with E-state index in [-0.39, 0.29) is 17.5 Å². The molecule has 0 spiro atoms. The number of fused-ring (bicyclic) bond motifs is 5. The summed E-state index contributed by atoms with van der Waals surface area (Å²) in [5.41, 5.74) is 0.554. The van der Waals surface area contributed by atoms with Crippen molar-refractivity contribution >= 4 is 11.8 Å². The van der Waals surface area contributed by atoms with E-state index in [0.717, 1.165) is 37.5 Å². The van der Waals surface area contributed by atoms with Crippen molar-refractivity contribution in [2.75, 3.05) is 0 Å². The third-order valence-corrected chi connectivity index (χ3v) is 8.70. The van der Waals surface area contributed by atoms with Gasteiger partial charge in [0.25, 0.3) is 0 Å². The minimum absolute atomic E-state index is 0.120. The predicted molar refractivity (Wildman–Crippen MR) is 92.3 cm³/mol. The first-order valence-corrected chi connectivity index (χ1v) is 10.0. The maximum absolute atomic E-state index is 12.0. The van der Waals surface area contributed by atoms with Crippen molar-refractivity contribution in [1.82, 2.24) is 0 Å². The summed E-state index contributed by atoms with van der Waals surface area (Å²) < 4.78 is 5.73. The van der Waals surface area contributed by atoms with Gasteiger partial charge in [-0.2, -0.15) is 0 Å². The van der Waals surface area contributed by atoms with Crippen LogP contribution < -0.4 is 0 Å². The Hall–Kier alpha value is -0.860. The molecule has 4 rings (SSSR count). The molecule has 0 aromatic carbocycles. The molecule has 0 radical (unpaired) electrons. The fourth-order valence-corrected chi connectivity index (χ4v) is 7.39. The van der Waals surface area contributed by atoms with Crippen LogP contribution in [0.3, 0.4) is 0 Å². The Morgan fingerprint density at radius 3 is 2.50 bits per heavy atom. The van der Waals surface area contributed by atoms with Crippen molar-refractivity contribution in [3.63, 3.8) is 0 Å². The molecule has 0 N–H and O–H groups in total. The topological polar surface area (TPSA) is 43.4 Å². The second-order valence-corrected chi connectivity index (χ2v) is 9.62. The van der Waals surface area contributed by atoms with Crippen LogP contribution in [0.1, 0.15) is 78.6 Å². The summed E-state index contributed by atoms with van der Waals surface area (Å²) >= 11 is 0. The minimum Gasteiger partial charge on any atom is -0.462 e. The van der Waals surface area contributed by atoms with Gasteiger partial charge in [0.2, 0.25) is 0 Å². The number of Topliss-reactive ketones (excluding diaryl/α,β-unsaturated/α-hetero) is 1. The summed E-state index contributed by atoms with van der Waals surface area (Å²) in [6, 6.07) is 0. The predicted octanol–water partition coefficient (Wildman–Crippen LogP) is 4.53. The zero-order valence-corrected chi connectivity index (χ0v) is 15.5. The third-order valence-electron chi connectivity index (χ3n) is 8.70. The summed E-state index contributed by atoms with van der Waals surface area (Å²) in [6.07, 6.45) is 10.1. The molecular weight excluding hydrogens is 300 g/mol. The SMILES string of the molecule is CC(=O)OC1CC[C@H]2[C@@H]3CC[C@H]4CC(=O)CC[C@]4(C)[C@H]3CC[C@]12C. The van der Waals surface area contributed by atoms with Gasteiger partial charge in [-0.3, -0.25) is 9.59 Å². The average Bonchev–Trinajstić information content (AvgIpc) is 2.84. The maximum Gasteiger partial charge on any atom is 0.302 e. The minimum atomic E-state index is -0.120. The lowest BCUT2D eigenvalue weighted by Crippen LogP contribution is -2.54. The summed E-state index contributed by atoms with van der Waals surface area (Å²) in [4.78, 5) is 23.5. The molecule has 0 heterocycles. The van der Waals surface area contributed by atoms with Crippen molar-refractivity contribution in [1.29, 1.82) is 0 Å². The highest BCUT2D eigenvalue weighted by Gasteiger charge is 2.60. The van der Waals surface area contributed by atoms with E-state index < -0.39 is 0 Å². The molecular formula is C21H32O3. The number of ether oxygens (including phenoxy) is 1. The molecule has 0 aromatic rings. The first-order chi connectivity index (χ1) is 11.3. The number of esters is 1. The number of rotatable bonds is 1. The Balaban J connectivity index is 1.58. The van der Waals surface area contributed by atoms with Crippen molar-refractivity contribution < 1.29 is 14.3 Å². The van der Waals surface area contributed by atoms with Gasteiger partial charge in [0.05, 0.1) is 0 Å². The Morgan fingerprint density at radius 1 is 1.00 bits per heavy atom. The number of ketones is 1. The van der Waals surface area contributed by atoms with Crippen LogP contribution in [0, 0.1) is 34.5 Å². The third kappa shape index (κ3) is 2.29. The van der Waals surface area contributed by atoms with E-state index in [4.69, 9.17) is 4.74 Å². The largest absolute Gasteiger partial charge is 0.462 e. The van der Waals surface area contributed by atoms with Gasteiger partial charge < -0.3 is 4.74 Å². The van der Waals surface area contributed by atoms with Crippen LogP contribution in [0.25, 0.3) is 0 Å². The smallest absolute Gasteiger partial charge is 0.302 e. The Morgan fingerprint density at radius 2 is 1.75 bits per heavy atom. The maximum atomic E-state index is 12.0. The van der Waals surface area contributed by atoms with Gasteiger partial charge in [-0.1, -0.05) is 13.8 Å². The first-order valence-electron chi connectivity index (χ1n) is 10.0. The summed E-state index contributed by atoms with van der Waals surface area (Å²) in [5.74, 6) is 3.25. The number of hydrogen-bond donors (Lipinski definition) is 0. The van der Waals surface area contributed by atoms with Crippen molar-refractivity contribution in [2.45, 2.75) is 84.7 Å². The molecule has 0 amide bonds. The van der Waals surface area contributed by atoms with Crippen molar-refractivity contribution in [3.8, 4) is 0 Å². The van der Waals surface area contributed by atoms with Crippen LogP contribution in [0.2, 0.25) is 0 Å². The van der Waals surface area contributed by atoms with E-state index in [1.165, 1.54) is 32.1 Å². The normalized spacial score (nSPS) is 50.6. The number of carbonyl (C=O) groups is 2. The van der Waals surface area contributed by atoms with E-state index in [9.17, 15) is 9.59 Å². The zero-order chi connectivity index (χ0) is 17.1. The molecule has 0 aliphatic heterocycles. The van der Waals surface area contributed by atoms with E-state index in [1.54, 1.807) is 6.92 Å². The molecule has 0 saturated heterocycles. The summed E-state index contributed by atoms with van der Waals surface area (Å²) in [7, 11) is 0. The van der Waals surface area contributed by atoms with Gasteiger partial charge in [0.15, 0.2) is 0 Å². The van der Waals surface area contributed by atoms with Crippen LogP contribution >= 0.6 is 0 Å². The second-order valence-electron chi connectivity index (χ2n) is 9.62. The van der Waals surface area contributed by atoms with E-state index in [2.05, 4.69) is 13.8 Å². The lowest BCUT2D eigenvalue weighted by atomic mass is 9.45. The molecule has 4 aliphatic carbocycles. The highest BCUT2D eigenvalue weighted by atomic mass is 16.5. The lowest BCUT2D eigenvalue weighted by molar-refractivity contribution is -0.162. The number of carbonyl (C=O) groups excluding carboxylic acids is 2. The van der Waals surface area contributed by atoms with Gasteiger partial charge in [-0.05, 0) is 74.0 Å². The monoisotopic (exact) mass is 332 g/mol. The molecule has 4 fully saturated rings. The molecule has 1 unspecified atom stereocenters. The van der Waals surface area contributed by atoms with Gasteiger partial charge >= 0.3 is 5.97 Å². The molecule has 3 nitrogen and oxygen atoms in total. The van der Waals surface area contributed by atoms with Crippen molar-refractivity contribution in [3.05, 3.63) is 0 Å². The Bertz CT molecular complexity index is 555.